The Morgan fingerprint density at radius 1 is 1.08 bits per heavy atom. The highest BCUT2D eigenvalue weighted by Crippen LogP contribution is 2.28. The quantitative estimate of drug-likeness (QED) is 0.598. The molecule has 0 atom stereocenters. The van der Waals surface area contributed by atoms with Crippen LogP contribution in [0.15, 0.2) is 24.3 Å². The number of nitro benzene ring substituents is 1. The number of nitro groups is 1. The Morgan fingerprint density at radius 3 is 2.38 bits per heavy atom. The number of benzene rings is 1. The van der Waals surface area contributed by atoms with E-state index in [-0.39, 0.29) is 17.5 Å². The van der Waals surface area contributed by atoms with Gasteiger partial charge in [-0.3, -0.25) is 19.7 Å². The average Bonchev–Trinajstić information content (AvgIpc) is 3.19. The average molecular weight is 359 g/mol. The predicted molar refractivity (Wildman–Crippen MR) is 96.8 cm³/mol. The molecule has 1 saturated carbocycles. The van der Waals surface area contributed by atoms with Gasteiger partial charge in [-0.15, -0.1) is 0 Å². The molecule has 1 aliphatic heterocycles. The van der Waals surface area contributed by atoms with Crippen molar-refractivity contribution in [1.82, 2.24) is 9.80 Å². The second kappa shape index (κ2) is 8.29. The van der Waals surface area contributed by atoms with E-state index in [0.29, 0.717) is 44.1 Å². The summed E-state index contributed by atoms with van der Waals surface area (Å²) < 4.78 is 0. The molecule has 0 aromatic heterocycles. The van der Waals surface area contributed by atoms with Crippen LogP contribution in [0.25, 0.3) is 0 Å². The summed E-state index contributed by atoms with van der Waals surface area (Å²) in [5.41, 5.74) is 0.233. The minimum atomic E-state index is -0.502. The Morgan fingerprint density at radius 2 is 1.73 bits per heavy atom. The fraction of sp³-hybridized carbons (Fsp3) is 0.579. The van der Waals surface area contributed by atoms with Crippen molar-refractivity contribution in [3.05, 3.63) is 39.9 Å². The second-order valence-electron chi connectivity index (χ2n) is 7.17. The maximum absolute atomic E-state index is 12.6. The smallest absolute Gasteiger partial charge is 0.270 e. The summed E-state index contributed by atoms with van der Waals surface area (Å²) in [5.74, 6) is 0.668. The van der Waals surface area contributed by atoms with Crippen molar-refractivity contribution in [2.75, 3.05) is 26.2 Å². The Kier molecular flexibility index (Phi) is 5.85. The van der Waals surface area contributed by atoms with E-state index < -0.39 is 4.92 Å². The van der Waals surface area contributed by atoms with Crippen molar-refractivity contribution in [1.29, 1.82) is 0 Å². The molecule has 3 rings (SSSR count). The first-order chi connectivity index (χ1) is 12.5. The molecule has 140 valence electrons. The summed E-state index contributed by atoms with van der Waals surface area (Å²) in [6.45, 7) is 2.00. The lowest BCUT2D eigenvalue weighted by molar-refractivity contribution is -0.384. The second-order valence-corrected chi connectivity index (χ2v) is 7.17. The molecule has 26 heavy (non-hydrogen) atoms. The first kappa shape index (κ1) is 18.4. The highest BCUT2D eigenvalue weighted by molar-refractivity contribution is 5.95. The van der Waals surface area contributed by atoms with Crippen LogP contribution in [0.1, 0.15) is 48.9 Å². The summed E-state index contributed by atoms with van der Waals surface area (Å²) in [7, 11) is 0. The molecular weight excluding hydrogens is 334 g/mol. The third kappa shape index (κ3) is 4.39. The number of nitrogens with zero attached hydrogens (tertiary/aromatic N) is 3. The summed E-state index contributed by atoms with van der Waals surface area (Å²) in [4.78, 5) is 38.8. The van der Waals surface area contributed by atoms with Gasteiger partial charge in [0.05, 0.1) is 4.92 Å². The predicted octanol–water partition coefficient (Wildman–Crippen LogP) is 2.85. The van der Waals surface area contributed by atoms with Crippen molar-refractivity contribution in [3.63, 3.8) is 0 Å². The monoisotopic (exact) mass is 359 g/mol. The molecular formula is C19H25N3O4. The Hall–Kier alpha value is -2.44. The Balaban J connectivity index is 1.49. The van der Waals surface area contributed by atoms with Crippen LogP contribution in [0.2, 0.25) is 0 Å². The van der Waals surface area contributed by atoms with Crippen LogP contribution in [0.5, 0.6) is 0 Å². The van der Waals surface area contributed by atoms with Gasteiger partial charge < -0.3 is 9.80 Å². The van der Waals surface area contributed by atoms with Gasteiger partial charge in [0.2, 0.25) is 5.91 Å². The lowest BCUT2D eigenvalue weighted by Crippen LogP contribution is -2.50. The van der Waals surface area contributed by atoms with Gasteiger partial charge in [0.15, 0.2) is 0 Å². The molecule has 0 unspecified atom stereocenters. The van der Waals surface area contributed by atoms with Crippen molar-refractivity contribution in [2.24, 2.45) is 5.92 Å². The molecule has 0 radical (unpaired) electrons. The molecule has 2 amide bonds. The number of amides is 2. The summed E-state index contributed by atoms with van der Waals surface area (Å²) >= 11 is 0. The van der Waals surface area contributed by atoms with Gasteiger partial charge in [0.1, 0.15) is 0 Å². The number of piperazine rings is 1. The van der Waals surface area contributed by atoms with Crippen LogP contribution in [-0.4, -0.2) is 52.7 Å². The van der Waals surface area contributed by atoms with Gasteiger partial charge in [-0.2, -0.15) is 0 Å². The Bertz CT molecular complexity index is 677. The molecule has 2 aliphatic rings. The molecule has 0 spiro atoms. The van der Waals surface area contributed by atoms with E-state index in [0.717, 1.165) is 6.42 Å². The van der Waals surface area contributed by atoms with Gasteiger partial charge in [-0.05, 0) is 18.4 Å². The molecule has 0 bridgehead atoms. The molecule has 1 aromatic carbocycles. The standard InChI is InChI=1S/C19H25N3O4/c23-18(9-8-15-4-1-2-5-15)20-10-12-21(13-11-20)19(24)16-6-3-7-17(14-16)22(25)26/h3,6-7,14-15H,1-2,4-5,8-13H2. The van der Waals surface area contributed by atoms with Crippen LogP contribution in [0, 0.1) is 16.0 Å². The normalized spacial score (nSPS) is 18.2. The summed E-state index contributed by atoms with van der Waals surface area (Å²) in [6, 6.07) is 5.79. The van der Waals surface area contributed by atoms with Gasteiger partial charge in [-0.1, -0.05) is 31.7 Å². The van der Waals surface area contributed by atoms with E-state index >= 15 is 0 Å². The summed E-state index contributed by atoms with van der Waals surface area (Å²) in [5, 5.41) is 10.9. The highest BCUT2D eigenvalue weighted by Gasteiger charge is 2.26. The van der Waals surface area contributed by atoms with Crippen LogP contribution in [0.4, 0.5) is 5.69 Å². The lowest BCUT2D eigenvalue weighted by atomic mass is 10.0. The minimum Gasteiger partial charge on any atom is -0.339 e. The van der Waals surface area contributed by atoms with Crippen molar-refractivity contribution >= 4 is 17.5 Å². The zero-order valence-electron chi connectivity index (χ0n) is 14.9. The van der Waals surface area contributed by atoms with Crippen LogP contribution in [-0.2, 0) is 4.79 Å². The van der Waals surface area contributed by atoms with Crippen LogP contribution in [0.3, 0.4) is 0 Å². The van der Waals surface area contributed by atoms with Gasteiger partial charge in [0.25, 0.3) is 11.6 Å². The SMILES string of the molecule is O=C(CCC1CCCC1)N1CCN(C(=O)c2cccc([N+](=O)[O-])c2)CC1. The van der Waals surface area contributed by atoms with Gasteiger partial charge in [-0.25, -0.2) is 0 Å². The minimum absolute atomic E-state index is 0.0865. The van der Waals surface area contributed by atoms with E-state index in [1.807, 2.05) is 4.90 Å². The largest absolute Gasteiger partial charge is 0.339 e. The maximum atomic E-state index is 12.6. The molecule has 0 N–H and O–H groups in total. The molecule has 1 aliphatic carbocycles. The number of rotatable bonds is 5. The van der Waals surface area contributed by atoms with Gasteiger partial charge >= 0.3 is 0 Å². The summed E-state index contributed by atoms with van der Waals surface area (Å²) in [6.07, 6.45) is 6.65. The molecule has 7 nitrogen and oxygen atoms in total. The topological polar surface area (TPSA) is 83.8 Å². The van der Waals surface area contributed by atoms with Crippen LogP contribution >= 0.6 is 0 Å². The lowest BCUT2D eigenvalue weighted by Gasteiger charge is -2.35. The van der Waals surface area contributed by atoms with E-state index in [1.165, 1.54) is 43.9 Å². The van der Waals surface area contributed by atoms with E-state index in [1.54, 1.807) is 11.0 Å². The first-order valence-electron chi connectivity index (χ1n) is 9.36. The first-order valence-corrected chi connectivity index (χ1v) is 9.36. The zero-order valence-corrected chi connectivity index (χ0v) is 14.9. The van der Waals surface area contributed by atoms with E-state index in [4.69, 9.17) is 0 Å². The molecule has 1 aromatic rings. The van der Waals surface area contributed by atoms with E-state index in [2.05, 4.69) is 0 Å². The van der Waals surface area contributed by atoms with Crippen molar-refractivity contribution in [2.45, 2.75) is 38.5 Å². The third-order valence-corrected chi connectivity index (χ3v) is 5.46. The number of carbonyl (C=O) groups excluding carboxylic acids is 2. The third-order valence-electron chi connectivity index (χ3n) is 5.46. The van der Waals surface area contributed by atoms with Crippen LogP contribution < -0.4 is 0 Å². The molecule has 2 fully saturated rings. The number of hydrogen-bond acceptors (Lipinski definition) is 4. The van der Waals surface area contributed by atoms with E-state index in [9.17, 15) is 19.7 Å². The fourth-order valence-corrected chi connectivity index (χ4v) is 3.88. The van der Waals surface area contributed by atoms with Crippen molar-refractivity contribution in [3.8, 4) is 0 Å². The van der Waals surface area contributed by atoms with Gasteiger partial charge in [0, 0.05) is 50.3 Å². The zero-order chi connectivity index (χ0) is 18.5. The maximum Gasteiger partial charge on any atom is 0.270 e. The Labute approximate surface area is 153 Å². The number of hydrogen-bond donors (Lipinski definition) is 0. The highest BCUT2D eigenvalue weighted by atomic mass is 16.6. The molecule has 1 saturated heterocycles. The van der Waals surface area contributed by atoms with Crippen molar-refractivity contribution < 1.29 is 14.5 Å². The molecule has 1 heterocycles. The number of non-ortho nitro benzene ring substituents is 1. The fourth-order valence-electron chi connectivity index (χ4n) is 3.88. The molecule has 7 heteroatoms. The number of carbonyl (C=O) groups is 2.